The van der Waals surface area contributed by atoms with E-state index in [1.165, 1.54) is 0 Å². The second kappa shape index (κ2) is 1.68. The molecule has 1 heterocycles. The normalized spacial score (nSPS) is 25.3. The summed E-state index contributed by atoms with van der Waals surface area (Å²) < 4.78 is 4.83. The third-order valence-corrected chi connectivity index (χ3v) is 1.88. The number of aliphatic hydroxyl groups is 1. The first-order valence-corrected chi connectivity index (χ1v) is 3.05. The van der Waals surface area contributed by atoms with Crippen molar-refractivity contribution >= 4 is 0 Å². The number of hydrogen-bond donors (Lipinski definition) is 2. The number of ether oxygens (including phenoxy) is 1. The molecular formula is C6H13NO2. The first-order chi connectivity index (χ1) is 3.96. The van der Waals surface area contributed by atoms with Gasteiger partial charge in [0.05, 0.1) is 13.2 Å². The van der Waals surface area contributed by atoms with E-state index in [9.17, 15) is 5.11 Å². The van der Waals surface area contributed by atoms with E-state index < -0.39 is 11.1 Å². The van der Waals surface area contributed by atoms with Crippen LogP contribution < -0.4 is 5.73 Å². The minimum Gasteiger partial charge on any atom is -0.383 e. The van der Waals surface area contributed by atoms with Crippen LogP contribution in [0.15, 0.2) is 0 Å². The fraction of sp³-hybridized carbons (Fsp3) is 1.00. The quantitative estimate of drug-likeness (QED) is 0.503. The van der Waals surface area contributed by atoms with Crippen LogP contribution in [0.2, 0.25) is 0 Å². The number of hydrogen-bond acceptors (Lipinski definition) is 3. The molecule has 0 amide bonds. The summed E-state index contributed by atoms with van der Waals surface area (Å²) in [7, 11) is 0. The van der Waals surface area contributed by atoms with Crippen LogP contribution in [0.4, 0.5) is 0 Å². The zero-order valence-electron chi connectivity index (χ0n) is 5.85. The van der Waals surface area contributed by atoms with Gasteiger partial charge in [-0.2, -0.15) is 0 Å². The molecule has 3 N–H and O–H groups in total. The van der Waals surface area contributed by atoms with E-state index in [4.69, 9.17) is 10.5 Å². The Morgan fingerprint density at radius 3 is 2.00 bits per heavy atom. The van der Waals surface area contributed by atoms with Gasteiger partial charge >= 0.3 is 0 Å². The molecule has 0 aromatic rings. The van der Waals surface area contributed by atoms with Crippen LogP contribution >= 0.6 is 0 Å². The van der Waals surface area contributed by atoms with Crippen molar-refractivity contribution in [2.24, 2.45) is 5.73 Å². The van der Waals surface area contributed by atoms with Crippen molar-refractivity contribution in [3.63, 3.8) is 0 Å². The van der Waals surface area contributed by atoms with Crippen molar-refractivity contribution < 1.29 is 9.84 Å². The molecule has 1 rings (SSSR count). The third-order valence-electron chi connectivity index (χ3n) is 1.88. The predicted octanol–water partition coefficient (Wildman–Crippen LogP) is -0.515. The highest BCUT2D eigenvalue weighted by molar-refractivity contribution is 5.01. The van der Waals surface area contributed by atoms with E-state index in [2.05, 4.69) is 0 Å². The van der Waals surface area contributed by atoms with E-state index >= 15 is 0 Å². The first-order valence-electron chi connectivity index (χ1n) is 3.05. The highest BCUT2D eigenvalue weighted by Gasteiger charge is 2.47. The molecule has 1 aliphatic rings. The zero-order valence-corrected chi connectivity index (χ0v) is 5.85. The molecule has 0 radical (unpaired) electrons. The lowest BCUT2D eigenvalue weighted by Crippen LogP contribution is -2.67. The lowest BCUT2D eigenvalue weighted by molar-refractivity contribution is -0.207. The molecule has 0 bridgehead atoms. The van der Waals surface area contributed by atoms with Crippen molar-refractivity contribution in [2.45, 2.75) is 25.0 Å². The average Bonchev–Trinajstić information content (AvgIpc) is 1.57. The molecule has 0 spiro atoms. The standard InChI is InChI=1S/C6H13NO2/c1-5(2,7)6(8)3-9-4-6/h8H,3-4,7H2,1-2H3. The number of nitrogens with two attached hydrogens (primary N) is 1. The van der Waals surface area contributed by atoms with Crippen molar-refractivity contribution in [1.29, 1.82) is 0 Å². The van der Waals surface area contributed by atoms with Crippen molar-refractivity contribution in [1.82, 2.24) is 0 Å². The molecule has 1 saturated heterocycles. The van der Waals surface area contributed by atoms with Crippen LogP contribution in [0.25, 0.3) is 0 Å². The Bertz CT molecular complexity index is 113. The van der Waals surface area contributed by atoms with Gasteiger partial charge in [-0.3, -0.25) is 0 Å². The Kier molecular flexibility index (Phi) is 1.31. The van der Waals surface area contributed by atoms with Gasteiger partial charge in [-0.25, -0.2) is 0 Å². The summed E-state index contributed by atoms with van der Waals surface area (Å²) in [5, 5.41) is 9.50. The Morgan fingerprint density at radius 2 is 2.00 bits per heavy atom. The number of rotatable bonds is 1. The maximum Gasteiger partial charge on any atom is 0.128 e. The summed E-state index contributed by atoms with van der Waals surface area (Å²) in [5.41, 5.74) is 4.32. The summed E-state index contributed by atoms with van der Waals surface area (Å²) in [4.78, 5) is 0. The molecule has 0 aliphatic carbocycles. The maximum absolute atomic E-state index is 9.50. The van der Waals surface area contributed by atoms with E-state index in [-0.39, 0.29) is 0 Å². The van der Waals surface area contributed by atoms with E-state index in [0.717, 1.165) is 0 Å². The summed E-state index contributed by atoms with van der Waals surface area (Å²) in [6, 6.07) is 0. The van der Waals surface area contributed by atoms with Gasteiger partial charge in [0.15, 0.2) is 0 Å². The summed E-state index contributed by atoms with van der Waals surface area (Å²) >= 11 is 0. The van der Waals surface area contributed by atoms with Gasteiger partial charge in [0.2, 0.25) is 0 Å². The zero-order chi connectivity index (χ0) is 7.12. The minimum atomic E-state index is -0.785. The van der Waals surface area contributed by atoms with Crippen LogP contribution in [-0.4, -0.2) is 29.5 Å². The van der Waals surface area contributed by atoms with Crippen molar-refractivity contribution in [2.75, 3.05) is 13.2 Å². The second-order valence-electron chi connectivity index (χ2n) is 3.25. The topological polar surface area (TPSA) is 55.5 Å². The van der Waals surface area contributed by atoms with Gasteiger partial charge in [0.25, 0.3) is 0 Å². The molecule has 0 saturated carbocycles. The van der Waals surface area contributed by atoms with Gasteiger partial charge in [0, 0.05) is 5.54 Å². The second-order valence-corrected chi connectivity index (χ2v) is 3.25. The SMILES string of the molecule is CC(C)(N)C1(O)COC1. The van der Waals surface area contributed by atoms with E-state index in [0.29, 0.717) is 13.2 Å². The minimum absolute atomic E-state index is 0.372. The van der Waals surface area contributed by atoms with Crippen molar-refractivity contribution in [3.8, 4) is 0 Å². The molecule has 0 aromatic heterocycles. The van der Waals surface area contributed by atoms with Gasteiger partial charge < -0.3 is 15.6 Å². The monoisotopic (exact) mass is 131 g/mol. The molecule has 1 fully saturated rings. The molecule has 3 heteroatoms. The molecule has 54 valence electrons. The molecular weight excluding hydrogens is 118 g/mol. The van der Waals surface area contributed by atoms with Gasteiger partial charge in [-0.15, -0.1) is 0 Å². The molecule has 0 aromatic carbocycles. The van der Waals surface area contributed by atoms with Crippen LogP contribution in [0.3, 0.4) is 0 Å². The molecule has 3 nitrogen and oxygen atoms in total. The lowest BCUT2D eigenvalue weighted by Gasteiger charge is -2.45. The van der Waals surface area contributed by atoms with Crippen LogP contribution in [0, 0.1) is 0 Å². The fourth-order valence-electron chi connectivity index (χ4n) is 0.667. The van der Waals surface area contributed by atoms with E-state index in [1.54, 1.807) is 13.8 Å². The largest absolute Gasteiger partial charge is 0.383 e. The summed E-state index contributed by atoms with van der Waals surface area (Å²) in [5.74, 6) is 0. The summed E-state index contributed by atoms with van der Waals surface area (Å²) in [6.07, 6.45) is 0. The highest BCUT2D eigenvalue weighted by Crippen LogP contribution is 2.26. The predicted molar refractivity (Wildman–Crippen MR) is 34.0 cm³/mol. The summed E-state index contributed by atoms with van der Waals surface area (Å²) in [6.45, 7) is 4.35. The smallest absolute Gasteiger partial charge is 0.128 e. The Labute approximate surface area is 54.8 Å². The van der Waals surface area contributed by atoms with Crippen molar-refractivity contribution in [3.05, 3.63) is 0 Å². The molecule has 0 unspecified atom stereocenters. The molecule has 1 aliphatic heterocycles. The Morgan fingerprint density at radius 1 is 1.56 bits per heavy atom. The Hall–Kier alpha value is -0.120. The molecule has 9 heavy (non-hydrogen) atoms. The van der Waals surface area contributed by atoms with Crippen LogP contribution in [0.1, 0.15) is 13.8 Å². The van der Waals surface area contributed by atoms with E-state index in [1.807, 2.05) is 0 Å². The van der Waals surface area contributed by atoms with Gasteiger partial charge in [-0.05, 0) is 13.8 Å². The molecule has 0 atom stereocenters. The van der Waals surface area contributed by atoms with Gasteiger partial charge in [0.1, 0.15) is 5.60 Å². The van der Waals surface area contributed by atoms with Crippen LogP contribution in [0.5, 0.6) is 0 Å². The average molecular weight is 131 g/mol. The van der Waals surface area contributed by atoms with Crippen LogP contribution in [-0.2, 0) is 4.74 Å². The third kappa shape index (κ3) is 0.956. The van der Waals surface area contributed by atoms with Gasteiger partial charge in [-0.1, -0.05) is 0 Å². The fourth-order valence-corrected chi connectivity index (χ4v) is 0.667. The highest BCUT2D eigenvalue weighted by atomic mass is 16.5. The lowest BCUT2D eigenvalue weighted by atomic mass is 9.82. The maximum atomic E-state index is 9.50. The first kappa shape index (κ1) is 6.99. The Balaban J connectivity index is 2.59.